The minimum absolute atomic E-state index is 0.802. The predicted octanol–water partition coefficient (Wildman–Crippen LogP) is -4.09. The molecule has 7 heteroatoms. The summed E-state index contributed by atoms with van der Waals surface area (Å²) in [5.41, 5.74) is 4.61. The minimum atomic E-state index is -1.98. The molecule has 1 amide bonds. The third kappa shape index (κ3) is 3.25. The monoisotopic (exact) mass is 195 g/mol. The largest absolute Gasteiger partial charge is 0.394 e. The number of aliphatic hydroxyl groups excluding tert-OH is 5. The maximum absolute atomic E-state index is 10.3. The van der Waals surface area contributed by atoms with E-state index in [4.69, 9.17) is 25.5 Å². The Bertz CT molecular complexity index is 175. The maximum Gasteiger partial charge on any atom is 0.249 e. The normalized spacial score (nSPS) is 20.4. The van der Waals surface area contributed by atoms with Gasteiger partial charge in [0.25, 0.3) is 0 Å². The van der Waals surface area contributed by atoms with E-state index in [-0.39, 0.29) is 0 Å². The highest BCUT2D eigenvalue weighted by Gasteiger charge is 2.32. The number of rotatable bonds is 5. The van der Waals surface area contributed by atoms with E-state index >= 15 is 0 Å². The first-order chi connectivity index (χ1) is 5.91. The van der Waals surface area contributed by atoms with E-state index in [1.165, 1.54) is 0 Å². The van der Waals surface area contributed by atoms with Crippen LogP contribution in [0.2, 0.25) is 0 Å². The van der Waals surface area contributed by atoms with Crippen molar-refractivity contribution in [2.45, 2.75) is 24.4 Å². The lowest BCUT2D eigenvalue weighted by molar-refractivity contribution is -0.146. The van der Waals surface area contributed by atoms with Crippen LogP contribution in [0.15, 0.2) is 0 Å². The third-order valence-corrected chi connectivity index (χ3v) is 1.55. The summed E-state index contributed by atoms with van der Waals surface area (Å²) in [6.45, 7) is -0.802. The van der Waals surface area contributed by atoms with Crippen molar-refractivity contribution in [3.63, 3.8) is 0 Å². The summed E-state index contributed by atoms with van der Waals surface area (Å²) in [4.78, 5) is 10.3. The Morgan fingerprint density at radius 3 is 1.92 bits per heavy atom. The van der Waals surface area contributed by atoms with E-state index in [1.54, 1.807) is 0 Å². The molecule has 0 saturated heterocycles. The minimum Gasteiger partial charge on any atom is -0.394 e. The van der Waals surface area contributed by atoms with E-state index in [0.717, 1.165) is 0 Å². The lowest BCUT2D eigenvalue weighted by atomic mass is 10.0. The highest BCUT2D eigenvalue weighted by Crippen LogP contribution is 2.04. The Hall–Kier alpha value is -0.730. The van der Waals surface area contributed by atoms with Crippen molar-refractivity contribution < 1.29 is 30.3 Å². The standard InChI is InChI=1S/C6H13NO6/c7-6(13)5(12)4(11)3(10)2(9)1-8/h2-5,8-12H,1H2,(H2,7,13)/t2-,3-,4+,5+/m0/s1. The molecule has 78 valence electrons. The summed E-state index contributed by atoms with van der Waals surface area (Å²) >= 11 is 0. The van der Waals surface area contributed by atoms with Crippen molar-refractivity contribution in [2.75, 3.05) is 6.61 Å². The summed E-state index contributed by atoms with van der Waals surface area (Å²) in [5.74, 6) is -1.23. The average Bonchev–Trinajstić information content (AvgIpc) is 2.12. The molecule has 4 atom stereocenters. The molecule has 0 bridgehead atoms. The van der Waals surface area contributed by atoms with Crippen molar-refractivity contribution in [2.24, 2.45) is 5.73 Å². The Kier molecular flexibility index (Phi) is 4.81. The Labute approximate surface area is 74.0 Å². The van der Waals surface area contributed by atoms with Crippen molar-refractivity contribution in [1.29, 1.82) is 0 Å². The van der Waals surface area contributed by atoms with Gasteiger partial charge in [0.05, 0.1) is 6.61 Å². The van der Waals surface area contributed by atoms with E-state index in [2.05, 4.69) is 5.73 Å². The smallest absolute Gasteiger partial charge is 0.249 e. The molecule has 0 aromatic carbocycles. The lowest BCUT2D eigenvalue weighted by Gasteiger charge is -2.23. The summed E-state index contributed by atoms with van der Waals surface area (Å²) in [5, 5.41) is 44.0. The molecule has 0 rings (SSSR count). The van der Waals surface area contributed by atoms with Gasteiger partial charge in [0.15, 0.2) is 6.10 Å². The zero-order valence-electron chi connectivity index (χ0n) is 6.74. The van der Waals surface area contributed by atoms with Gasteiger partial charge in [0, 0.05) is 0 Å². The van der Waals surface area contributed by atoms with E-state index in [9.17, 15) is 4.79 Å². The molecule has 0 aromatic rings. The summed E-state index contributed by atoms with van der Waals surface area (Å²) in [6.07, 6.45) is -7.35. The van der Waals surface area contributed by atoms with Crippen molar-refractivity contribution in [3.05, 3.63) is 0 Å². The first-order valence-corrected chi connectivity index (χ1v) is 3.54. The molecule has 0 aliphatic heterocycles. The van der Waals surface area contributed by atoms with Crippen molar-refractivity contribution >= 4 is 5.91 Å². The second kappa shape index (κ2) is 5.10. The molecular formula is C6H13NO6. The topological polar surface area (TPSA) is 144 Å². The molecule has 0 fully saturated rings. The molecule has 0 aliphatic rings. The van der Waals surface area contributed by atoms with Crippen LogP contribution in [0.3, 0.4) is 0 Å². The highest BCUT2D eigenvalue weighted by atomic mass is 16.4. The van der Waals surface area contributed by atoms with E-state index in [1.807, 2.05) is 0 Å². The van der Waals surface area contributed by atoms with Gasteiger partial charge in [0.2, 0.25) is 5.91 Å². The van der Waals surface area contributed by atoms with Gasteiger partial charge >= 0.3 is 0 Å². The summed E-state index contributed by atoms with van der Waals surface area (Å²) in [7, 11) is 0. The number of nitrogens with two attached hydrogens (primary N) is 1. The molecule has 7 nitrogen and oxygen atoms in total. The molecular weight excluding hydrogens is 182 g/mol. The van der Waals surface area contributed by atoms with Crippen LogP contribution in [-0.4, -0.2) is 62.5 Å². The first kappa shape index (κ1) is 12.3. The van der Waals surface area contributed by atoms with Gasteiger partial charge < -0.3 is 31.3 Å². The quantitative estimate of drug-likeness (QED) is 0.263. The van der Waals surface area contributed by atoms with Crippen LogP contribution in [0.1, 0.15) is 0 Å². The zero-order chi connectivity index (χ0) is 10.6. The summed E-state index contributed by atoms with van der Waals surface area (Å²) < 4.78 is 0. The number of primary amides is 1. The van der Waals surface area contributed by atoms with E-state index in [0.29, 0.717) is 0 Å². The number of hydrogen-bond donors (Lipinski definition) is 6. The van der Waals surface area contributed by atoms with Crippen molar-refractivity contribution in [1.82, 2.24) is 0 Å². The fourth-order valence-electron chi connectivity index (χ4n) is 0.691. The van der Waals surface area contributed by atoms with Crippen LogP contribution in [0.25, 0.3) is 0 Å². The average molecular weight is 195 g/mol. The van der Waals surface area contributed by atoms with Crippen LogP contribution in [0.4, 0.5) is 0 Å². The lowest BCUT2D eigenvalue weighted by Crippen LogP contribution is -2.50. The van der Waals surface area contributed by atoms with Crippen LogP contribution >= 0.6 is 0 Å². The second-order valence-corrected chi connectivity index (χ2v) is 2.58. The molecule has 7 N–H and O–H groups in total. The molecule has 0 aromatic heterocycles. The predicted molar refractivity (Wildman–Crippen MR) is 40.3 cm³/mol. The highest BCUT2D eigenvalue weighted by molar-refractivity contribution is 5.79. The van der Waals surface area contributed by atoms with Gasteiger partial charge in [-0.15, -0.1) is 0 Å². The molecule has 0 spiro atoms. The molecule has 13 heavy (non-hydrogen) atoms. The zero-order valence-corrected chi connectivity index (χ0v) is 6.74. The number of carbonyl (C=O) groups excluding carboxylic acids is 1. The first-order valence-electron chi connectivity index (χ1n) is 3.54. The molecule has 0 radical (unpaired) electrons. The fraction of sp³-hybridized carbons (Fsp3) is 0.833. The number of amides is 1. The van der Waals surface area contributed by atoms with Gasteiger partial charge in [-0.3, -0.25) is 4.79 Å². The Morgan fingerprint density at radius 1 is 1.15 bits per heavy atom. The number of carbonyl (C=O) groups is 1. The third-order valence-electron chi connectivity index (χ3n) is 1.55. The van der Waals surface area contributed by atoms with Gasteiger partial charge in [-0.2, -0.15) is 0 Å². The maximum atomic E-state index is 10.3. The second-order valence-electron chi connectivity index (χ2n) is 2.58. The van der Waals surface area contributed by atoms with Crippen LogP contribution in [-0.2, 0) is 4.79 Å². The number of aliphatic hydroxyl groups is 5. The summed E-state index contributed by atoms with van der Waals surface area (Å²) in [6, 6.07) is 0. The fourth-order valence-corrected chi connectivity index (χ4v) is 0.691. The number of hydrogen-bond acceptors (Lipinski definition) is 6. The SMILES string of the molecule is NC(=O)[C@H](O)[C@H](O)[C@@H](O)[C@@H](O)CO. The van der Waals surface area contributed by atoms with Gasteiger partial charge in [-0.05, 0) is 0 Å². The molecule has 0 aliphatic carbocycles. The Balaban J connectivity index is 4.24. The van der Waals surface area contributed by atoms with Crippen LogP contribution in [0.5, 0.6) is 0 Å². The van der Waals surface area contributed by atoms with Gasteiger partial charge in [-0.1, -0.05) is 0 Å². The van der Waals surface area contributed by atoms with Crippen molar-refractivity contribution in [3.8, 4) is 0 Å². The van der Waals surface area contributed by atoms with Crippen LogP contribution in [0, 0.1) is 0 Å². The van der Waals surface area contributed by atoms with E-state index < -0.39 is 36.9 Å². The van der Waals surface area contributed by atoms with Crippen LogP contribution < -0.4 is 5.73 Å². The molecule has 0 heterocycles. The molecule has 0 saturated carbocycles. The van der Waals surface area contributed by atoms with Gasteiger partial charge in [0.1, 0.15) is 18.3 Å². The Morgan fingerprint density at radius 2 is 1.62 bits per heavy atom. The molecule has 0 unspecified atom stereocenters. The van der Waals surface area contributed by atoms with Gasteiger partial charge in [-0.25, -0.2) is 0 Å².